The maximum absolute atomic E-state index is 6.45. The molecule has 0 amide bonds. The van der Waals surface area contributed by atoms with E-state index in [0.717, 1.165) is 30.5 Å². The second-order valence-electron chi connectivity index (χ2n) is 5.90. The number of imidazole rings is 1. The number of halogens is 4. The molecule has 138 valence electrons. The average Bonchev–Trinajstić information content (AvgIpc) is 3.06. The van der Waals surface area contributed by atoms with Gasteiger partial charge in [0.05, 0.1) is 6.33 Å². The highest BCUT2D eigenvalue weighted by atomic mass is 35.5. The van der Waals surface area contributed by atoms with Crippen LogP contribution >= 0.6 is 46.4 Å². The van der Waals surface area contributed by atoms with Crippen molar-refractivity contribution in [2.45, 2.75) is 32.7 Å². The third kappa shape index (κ3) is 5.40. The van der Waals surface area contributed by atoms with Crippen molar-refractivity contribution in [2.24, 2.45) is 0 Å². The molecule has 0 bridgehead atoms. The summed E-state index contributed by atoms with van der Waals surface area (Å²) < 4.78 is 2.05. The summed E-state index contributed by atoms with van der Waals surface area (Å²) in [6.45, 7) is 0.784. The highest BCUT2D eigenvalue weighted by Crippen LogP contribution is 2.33. The van der Waals surface area contributed by atoms with Crippen molar-refractivity contribution in [1.82, 2.24) is 9.55 Å². The molecule has 0 aliphatic heterocycles. The van der Waals surface area contributed by atoms with E-state index in [9.17, 15) is 0 Å². The molecule has 0 fully saturated rings. The molecule has 1 atom stereocenters. The minimum absolute atomic E-state index is 0. The Hall–Kier alpha value is -1.19. The van der Waals surface area contributed by atoms with Gasteiger partial charge >= 0.3 is 0 Å². The summed E-state index contributed by atoms with van der Waals surface area (Å²) in [6.07, 6.45) is 7.25. The fourth-order valence-corrected chi connectivity index (χ4v) is 3.95. The van der Waals surface area contributed by atoms with E-state index in [2.05, 4.69) is 9.55 Å². The van der Waals surface area contributed by atoms with Gasteiger partial charge in [0, 0.05) is 44.9 Å². The summed E-state index contributed by atoms with van der Waals surface area (Å²) in [6, 6.07) is 11.3. The molecule has 1 unspecified atom stereocenters. The number of aromatic nitrogens is 2. The fourth-order valence-electron chi connectivity index (χ4n) is 2.88. The molecule has 0 N–H and O–H groups in total. The normalized spacial score (nSPS) is 11.8. The van der Waals surface area contributed by atoms with Crippen molar-refractivity contribution < 1.29 is 0 Å². The van der Waals surface area contributed by atoms with Crippen LogP contribution in [0.4, 0.5) is 0 Å². The lowest BCUT2D eigenvalue weighted by Crippen LogP contribution is -2.10. The van der Waals surface area contributed by atoms with Crippen molar-refractivity contribution in [3.63, 3.8) is 0 Å². The fraction of sp³-hybridized carbons (Fsp3) is 0.250. The van der Waals surface area contributed by atoms with Crippen LogP contribution in [0.15, 0.2) is 55.1 Å². The molecule has 1 aromatic heterocycles. The number of rotatable bonds is 6. The first-order chi connectivity index (χ1) is 12.0. The van der Waals surface area contributed by atoms with Crippen LogP contribution in [0.5, 0.6) is 0 Å². The van der Waals surface area contributed by atoms with Crippen LogP contribution in [0.25, 0.3) is 0 Å². The van der Waals surface area contributed by atoms with Gasteiger partial charge in [0.25, 0.3) is 0 Å². The van der Waals surface area contributed by atoms with Crippen molar-refractivity contribution in [1.29, 1.82) is 0 Å². The van der Waals surface area contributed by atoms with Gasteiger partial charge in [-0.3, -0.25) is 0 Å². The van der Waals surface area contributed by atoms with Crippen molar-refractivity contribution in [3.8, 4) is 0 Å². The lowest BCUT2D eigenvalue weighted by Gasteiger charge is -2.20. The number of nitrogens with zero attached hydrogens (tertiary/aromatic N) is 2. The molecule has 1 heterocycles. The van der Waals surface area contributed by atoms with Crippen LogP contribution in [0.3, 0.4) is 0 Å². The Morgan fingerprint density at radius 2 is 1.62 bits per heavy atom. The topological polar surface area (TPSA) is 17.8 Å². The lowest BCUT2D eigenvalue weighted by atomic mass is 9.92. The summed E-state index contributed by atoms with van der Waals surface area (Å²) in [5, 5.41) is 2.65. The van der Waals surface area contributed by atoms with Gasteiger partial charge in [-0.05, 0) is 48.2 Å². The summed E-state index contributed by atoms with van der Waals surface area (Å²) in [4.78, 5) is 4.12. The van der Waals surface area contributed by atoms with Gasteiger partial charge in [-0.15, -0.1) is 0 Å². The Morgan fingerprint density at radius 3 is 2.23 bits per heavy atom. The minimum Gasteiger partial charge on any atom is -0.337 e. The zero-order valence-corrected chi connectivity index (χ0v) is 16.3. The Labute approximate surface area is 174 Å². The Bertz CT molecular complexity index is 847. The lowest BCUT2D eigenvalue weighted by molar-refractivity contribution is 0.525. The molecular formula is C20H20Cl4N2. The monoisotopic (exact) mass is 428 g/mol. The van der Waals surface area contributed by atoms with E-state index >= 15 is 0 Å². The van der Waals surface area contributed by atoms with Gasteiger partial charge in [-0.25, -0.2) is 4.98 Å². The predicted octanol–water partition coefficient (Wildman–Crippen LogP) is 7.55. The molecule has 0 aliphatic rings. The summed E-state index contributed by atoms with van der Waals surface area (Å²) in [5.41, 5.74) is 2.15. The van der Waals surface area contributed by atoms with Crippen molar-refractivity contribution in [2.75, 3.05) is 0 Å². The van der Waals surface area contributed by atoms with Crippen LogP contribution < -0.4 is 0 Å². The summed E-state index contributed by atoms with van der Waals surface area (Å²) >= 11 is 24.8. The van der Waals surface area contributed by atoms with Gasteiger partial charge in [-0.2, -0.15) is 0 Å². The van der Waals surface area contributed by atoms with Crippen LogP contribution in [-0.2, 0) is 13.0 Å². The quantitative estimate of drug-likeness (QED) is 0.395. The Balaban J connectivity index is 0.00000243. The molecule has 0 saturated carbocycles. The highest BCUT2D eigenvalue weighted by Gasteiger charge is 2.17. The Kier molecular flexibility index (Phi) is 7.85. The zero-order chi connectivity index (χ0) is 17.8. The molecule has 0 saturated heterocycles. The van der Waals surface area contributed by atoms with Crippen LogP contribution in [0, 0.1) is 0 Å². The van der Waals surface area contributed by atoms with Crippen LogP contribution in [0.1, 0.15) is 30.9 Å². The molecule has 2 nitrogen and oxygen atoms in total. The largest absolute Gasteiger partial charge is 0.337 e. The minimum atomic E-state index is 0. The van der Waals surface area contributed by atoms with Crippen LogP contribution in [0.2, 0.25) is 20.1 Å². The molecule has 0 spiro atoms. The van der Waals surface area contributed by atoms with Crippen molar-refractivity contribution in [3.05, 3.63) is 86.3 Å². The standard InChI is InChI=1S/C19H16Cl4N2.CH4/c20-15-4-3-13(18(22)9-15)1-2-14(11-25-8-7-24-12-25)17-6-5-16(21)10-19(17)23;/h3-10,12,14H,1-2,11H2;1H4. The maximum atomic E-state index is 6.45. The average molecular weight is 430 g/mol. The van der Waals surface area contributed by atoms with E-state index in [1.807, 2.05) is 36.8 Å². The Morgan fingerprint density at radius 1 is 0.923 bits per heavy atom. The highest BCUT2D eigenvalue weighted by molar-refractivity contribution is 6.35. The summed E-state index contributed by atoms with van der Waals surface area (Å²) in [5.74, 6) is 0.214. The number of hydrogen-bond acceptors (Lipinski definition) is 1. The molecule has 6 heteroatoms. The first kappa shape index (κ1) is 21.1. The van der Waals surface area contributed by atoms with E-state index in [-0.39, 0.29) is 13.3 Å². The van der Waals surface area contributed by atoms with E-state index in [0.29, 0.717) is 20.1 Å². The van der Waals surface area contributed by atoms with Gasteiger partial charge in [0.2, 0.25) is 0 Å². The third-order valence-electron chi connectivity index (χ3n) is 4.17. The number of benzene rings is 2. The molecule has 2 aromatic carbocycles. The van der Waals surface area contributed by atoms with Gasteiger partial charge in [-0.1, -0.05) is 66.0 Å². The molecular weight excluding hydrogens is 410 g/mol. The van der Waals surface area contributed by atoms with Gasteiger partial charge < -0.3 is 4.57 Å². The van der Waals surface area contributed by atoms with E-state index in [4.69, 9.17) is 46.4 Å². The third-order valence-corrected chi connectivity index (χ3v) is 5.32. The van der Waals surface area contributed by atoms with Gasteiger partial charge in [0.15, 0.2) is 0 Å². The molecule has 26 heavy (non-hydrogen) atoms. The smallest absolute Gasteiger partial charge is 0.0946 e. The zero-order valence-electron chi connectivity index (χ0n) is 13.3. The summed E-state index contributed by atoms with van der Waals surface area (Å²) in [7, 11) is 0. The van der Waals surface area contributed by atoms with E-state index < -0.39 is 0 Å². The number of aryl methyl sites for hydroxylation is 1. The second-order valence-corrected chi connectivity index (χ2v) is 7.58. The number of hydrogen-bond donors (Lipinski definition) is 0. The predicted molar refractivity (Wildman–Crippen MR) is 113 cm³/mol. The molecule has 0 radical (unpaired) electrons. The SMILES string of the molecule is C.Clc1ccc(CCC(Cn2ccnc2)c2ccc(Cl)cc2Cl)c(Cl)c1. The van der Waals surface area contributed by atoms with E-state index in [1.165, 1.54) is 0 Å². The first-order valence-electron chi connectivity index (χ1n) is 7.87. The maximum Gasteiger partial charge on any atom is 0.0946 e. The van der Waals surface area contributed by atoms with Crippen molar-refractivity contribution >= 4 is 46.4 Å². The van der Waals surface area contributed by atoms with E-state index in [1.54, 1.807) is 18.3 Å². The molecule has 3 rings (SSSR count). The van der Waals surface area contributed by atoms with Crippen LogP contribution in [-0.4, -0.2) is 9.55 Å². The first-order valence-corrected chi connectivity index (χ1v) is 9.38. The molecule has 0 aliphatic carbocycles. The molecule has 3 aromatic rings. The van der Waals surface area contributed by atoms with Gasteiger partial charge in [0.1, 0.15) is 0 Å². The second kappa shape index (κ2) is 9.66.